The van der Waals surface area contributed by atoms with Crippen LogP contribution in [0.25, 0.3) is 22.2 Å². The second kappa shape index (κ2) is 11.5. The zero-order valence-corrected chi connectivity index (χ0v) is 22.9. The predicted molar refractivity (Wildman–Crippen MR) is 155 cm³/mol. The van der Waals surface area contributed by atoms with Gasteiger partial charge < -0.3 is 23.5 Å². The molecule has 214 valence electrons. The maximum atomic E-state index is 13.2. The monoisotopic (exact) mass is 570 g/mol. The quantitative estimate of drug-likeness (QED) is 0.225. The van der Waals surface area contributed by atoms with Gasteiger partial charge in [-0.1, -0.05) is 30.3 Å². The van der Waals surface area contributed by atoms with Crippen LogP contribution >= 0.6 is 0 Å². The lowest BCUT2D eigenvalue weighted by Crippen LogP contribution is -2.23. The van der Waals surface area contributed by atoms with Gasteiger partial charge in [0, 0.05) is 49.6 Å². The summed E-state index contributed by atoms with van der Waals surface area (Å²) in [5, 5.41) is 0. The largest absolute Gasteiger partial charge is 0.486 e. The molecule has 0 spiro atoms. The minimum absolute atomic E-state index is 0.0819. The molecule has 1 amide bonds. The Labute approximate surface area is 240 Å². The van der Waals surface area contributed by atoms with Gasteiger partial charge >= 0.3 is 6.61 Å². The molecular weight excluding hydrogens is 542 g/mol. The van der Waals surface area contributed by atoms with E-state index in [1.54, 1.807) is 42.4 Å². The van der Waals surface area contributed by atoms with E-state index in [2.05, 4.69) is 0 Å². The fraction of sp³-hybridized carbons (Fsp3) is 0.219. The molecule has 6 rings (SSSR count). The Bertz CT molecular complexity index is 1830. The number of aromatic nitrogens is 3. The topological polar surface area (TPSA) is 78.6 Å². The van der Waals surface area contributed by atoms with Gasteiger partial charge in [0.2, 0.25) is 11.5 Å². The number of halogens is 2. The molecule has 3 heterocycles. The van der Waals surface area contributed by atoms with Gasteiger partial charge in [-0.05, 0) is 53.9 Å². The molecule has 0 aliphatic carbocycles. The standard InChI is InChI=1S/C32H28F2N4O4/c1-36-18-22(12-14-30(36)39)21-11-13-26-27(16-21)38(19-23-6-2-3-9-28(23)42-32(33)34)29(35-26)20-41-25-8-4-7-24(17-25)37-15-5-10-31(37)40/h2-4,6-9,11-14,16-18,32H,5,10,15,19-20H2,1H3. The van der Waals surface area contributed by atoms with Gasteiger partial charge in [-0.3, -0.25) is 9.59 Å². The van der Waals surface area contributed by atoms with E-state index in [-0.39, 0.29) is 30.4 Å². The molecule has 1 aliphatic rings. The third kappa shape index (κ3) is 5.60. The van der Waals surface area contributed by atoms with Crippen molar-refractivity contribution in [3.63, 3.8) is 0 Å². The first kappa shape index (κ1) is 27.2. The van der Waals surface area contributed by atoms with Crippen molar-refractivity contribution >= 4 is 22.6 Å². The highest BCUT2D eigenvalue weighted by Crippen LogP contribution is 2.30. The molecule has 10 heteroatoms. The number of anilines is 1. The summed E-state index contributed by atoms with van der Waals surface area (Å²) in [6.07, 6.45) is 3.12. The molecule has 1 fully saturated rings. The first-order valence-corrected chi connectivity index (χ1v) is 13.6. The van der Waals surface area contributed by atoms with Gasteiger partial charge in [0.05, 0.1) is 17.6 Å². The molecule has 2 aromatic heterocycles. The van der Waals surface area contributed by atoms with E-state index in [0.29, 0.717) is 35.6 Å². The molecule has 8 nitrogen and oxygen atoms in total. The zero-order chi connectivity index (χ0) is 29.2. The van der Waals surface area contributed by atoms with Crippen molar-refractivity contribution in [2.24, 2.45) is 7.05 Å². The minimum atomic E-state index is -2.96. The summed E-state index contributed by atoms with van der Waals surface area (Å²) in [5.41, 5.74) is 4.40. The zero-order valence-electron chi connectivity index (χ0n) is 22.9. The fourth-order valence-corrected chi connectivity index (χ4v) is 5.23. The molecule has 0 atom stereocenters. The van der Waals surface area contributed by atoms with Crippen LogP contribution in [0.4, 0.5) is 14.5 Å². The summed E-state index contributed by atoms with van der Waals surface area (Å²) < 4.78 is 40.8. The van der Waals surface area contributed by atoms with Crippen LogP contribution in [-0.2, 0) is 25.0 Å². The van der Waals surface area contributed by atoms with Crippen LogP contribution in [0.2, 0.25) is 0 Å². The van der Waals surface area contributed by atoms with Gasteiger partial charge in [0.1, 0.15) is 23.9 Å². The number of benzene rings is 3. The SMILES string of the molecule is Cn1cc(-c2ccc3nc(COc4cccc(N5CCCC5=O)c4)n(Cc4ccccc4OC(F)F)c3c2)ccc1=O. The number of pyridine rings is 1. The number of para-hydroxylation sites is 1. The number of carbonyl (C=O) groups excluding carboxylic acids is 1. The Hall–Kier alpha value is -4.99. The van der Waals surface area contributed by atoms with Crippen molar-refractivity contribution in [3.8, 4) is 22.6 Å². The van der Waals surface area contributed by atoms with Crippen LogP contribution < -0.4 is 19.9 Å². The van der Waals surface area contributed by atoms with Gasteiger partial charge in [-0.2, -0.15) is 8.78 Å². The number of fused-ring (bicyclic) bond motifs is 1. The first-order chi connectivity index (χ1) is 20.4. The van der Waals surface area contributed by atoms with Crippen LogP contribution in [0.5, 0.6) is 11.5 Å². The van der Waals surface area contributed by atoms with Crippen LogP contribution in [0.3, 0.4) is 0 Å². The maximum absolute atomic E-state index is 13.2. The van der Waals surface area contributed by atoms with E-state index in [1.807, 2.05) is 47.0 Å². The number of imidazole rings is 1. The van der Waals surface area contributed by atoms with Gasteiger partial charge in [-0.25, -0.2) is 4.98 Å². The number of amides is 1. The smallest absolute Gasteiger partial charge is 0.387 e. The van der Waals surface area contributed by atoms with E-state index >= 15 is 0 Å². The summed E-state index contributed by atoms with van der Waals surface area (Å²) in [7, 11) is 1.69. The van der Waals surface area contributed by atoms with Crippen LogP contribution in [0.15, 0.2) is 89.9 Å². The number of rotatable bonds is 9. The third-order valence-electron chi connectivity index (χ3n) is 7.33. The van der Waals surface area contributed by atoms with Gasteiger partial charge in [0.25, 0.3) is 0 Å². The number of carbonyl (C=O) groups is 1. The molecular formula is C32H28F2N4O4. The number of hydrogen-bond acceptors (Lipinski definition) is 5. The summed E-state index contributed by atoms with van der Waals surface area (Å²) in [6.45, 7) is -1.98. The number of nitrogens with zero attached hydrogens (tertiary/aromatic N) is 4. The third-order valence-corrected chi connectivity index (χ3v) is 7.33. The molecule has 3 aromatic carbocycles. The van der Waals surface area contributed by atoms with E-state index in [9.17, 15) is 18.4 Å². The summed E-state index contributed by atoms with van der Waals surface area (Å²) in [5.74, 6) is 1.33. The number of ether oxygens (including phenoxy) is 2. The summed E-state index contributed by atoms with van der Waals surface area (Å²) >= 11 is 0. The van der Waals surface area contributed by atoms with Crippen molar-refractivity contribution in [2.45, 2.75) is 32.6 Å². The predicted octanol–water partition coefficient (Wildman–Crippen LogP) is 5.76. The number of aryl methyl sites for hydroxylation is 1. The summed E-state index contributed by atoms with van der Waals surface area (Å²) in [4.78, 5) is 30.8. The van der Waals surface area contributed by atoms with E-state index in [1.165, 1.54) is 16.7 Å². The maximum Gasteiger partial charge on any atom is 0.387 e. The first-order valence-electron chi connectivity index (χ1n) is 13.6. The lowest BCUT2D eigenvalue weighted by atomic mass is 10.1. The lowest BCUT2D eigenvalue weighted by Gasteiger charge is -2.17. The normalized spacial score (nSPS) is 13.3. The molecule has 0 N–H and O–H groups in total. The van der Waals surface area contributed by atoms with Crippen molar-refractivity contribution in [3.05, 3.63) is 107 Å². The summed E-state index contributed by atoms with van der Waals surface area (Å²) in [6, 6.07) is 23.1. The second-order valence-electron chi connectivity index (χ2n) is 10.1. The Morgan fingerprint density at radius 2 is 1.79 bits per heavy atom. The molecule has 0 bridgehead atoms. The Balaban J connectivity index is 1.38. The van der Waals surface area contributed by atoms with Crippen LogP contribution in [0, 0.1) is 0 Å². The highest BCUT2D eigenvalue weighted by Gasteiger charge is 2.22. The minimum Gasteiger partial charge on any atom is -0.486 e. The van der Waals surface area contributed by atoms with Crippen LogP contribution in [0.1, 0.15) is 24.2 Å². The Kier molecular flexibility index (Phi) is 7.43. The van der Waals surface area contributed by atoms with Gasteiger partial charge in [-0.15, -0.1) is 0 Å². The van der Waals surface area contributed by atoms with E-state index in [4.69, 9.17) is 14.5 Å². The van der Waals surface area contributed by atoms with Gasteiger partial charge in [0.15, 0.2) is 0 Å². The van der Waals surface area contributed by atoms with Crippen molar-refractivity contribution in [2.75, 3.05) is 11.4 Å². The molecule has 0 unspecified atom stereocenters. The second-order valence-corrected chi connectivity index (χ2v) is 10.1. The molecule has 5 aromatic rings. The molecule has 1 aliphatic heterocycles. The molecule has 1 saturated heterocycles. The molecule has 0 saturated carbocycles. The van der Waals surface area contributed by atoms with Crippen LogP contribution in [-0.4, -0.2) is 33.2 Å². The lowest BCUT2D eigenvalue weighted by molar-refractivity contribution is -0.117. The molecule has 0 radical (unpaired) electrons. The highest BCUT2D eigenvalue weighted by atomic mass is 19.3. The molecule has 42 heavy (non-hydrogen) atoms. The van der Waals surface area contributed by atoms with E-state index in [0.717, 1.165) is 28.8 Å². The average molecular weight is 571 g/mol. The van der Waals surface area contributed by atoms with Crippen molar-refractivity contribution in [1.82, 2.24) is 14.1 Å². The Morgan fingerprint density at radius 1 is 0.952 bits per heavy atom. The average Bonchev–Trinajstić information content (AvgIpc) is 3.57. The van der Waals surface area contributed by atoms with E-state index < -0.39 is 6.61 Å². The fourth-order valence-electron chi connectivity index (χ4n) is 5.23. The highest BCUT2D eigenvalue weighted by molar-refractivity contribution is 5.95. The number of hydrogen-bond donors (Lipinski definition) is 0. The van der Waals surface area contributed by atoms with Crippen molar-refractivity contribution < 1.29 is 23.0 Å². The van der Waals surface area contributed by atoms with Crippen molar-refractivity contribution in [1.29, 1.82) is 0 Å². The Morgan fingerprint density at radius 3 is 2.57 bits per heavy atom. The number of alkyl halides is 2.